The summed E-state index contributed by atoms with van der Waals surface area (Å²) in [7, 11) is 0. The minimum absolute atomic E-state index is 0. The van der Waals surface area contributed by atoms with Crippen molar-refractivity contribution >= 4 is 28.7 Å². The van der Waals surface area contributed by atoms with Gasteiger partial charge in [0.05, 0.1) is 22.0 Å². The van der Waals surface area contributed by atoms with Crippen LogP contribution in [0.15, 0.2) is 109 Å². The molecule has 5 N–H and O–H groups in total. The first-order valence-corrected chi connectivity index (χ1v) is 16.5. The number of ketones is 3. The summed E-state index contributed by atoms with van der Waals surface area (Å²) in [6.45, 7) is 4.05. The van der Waals surface area contributed by atoms with Gasteiger partial charge in [0.25, 0.3) is 11.4 Å². The van der Waals surface area contributed by atoms with Crippen molar-refractivity contribution in [2.45, 2.75) is 66.2 Å². The van der Waals surface area contributed by atoms with E-state index in [0.29, 0.717) is 41.2 Å². The van der Waals surface area contributed by atoms with E-state index in [1.807, 2.05) is 13.8 Å². The number of aromatic hydroxyl groups is 2. The first kappa shape index (κ1) is 45.4. The molecule has 54 heavy (non-hydrogen) atoms. The van der Waals surface area contributed by atoms with Crippen molar-refractivity contribution in [1.82, 2.24) is 5.48 Å². The van der Waals surface area contributed by atoms with E-state index in [0.717, 1.165) is 25.7 Å². The maximum atomic E-state index is 12.3. The van der Waals surface area contributed by atoms with E-state index in [1.165, 1.54) is 91.0 Å². The Balaban J connectivity index is 0.000000443. The predicted molar refractivity (Wildman–Crippen MR) is 203 cm³/mol. The molecule has 0 aliphatic rings. The van der Waals surface area contributed by atoms with Gasteiger partial charge in [0, 0.05) is 47.9 Å². The molecule has 0 aliphatic heterocycles. The largest absolute Gasteiger partial charge is 0.508 e. The number of nitro groups is 2. The minimum atomic E-state index is -0.486. The van der Waals surface area contributed by atoms with Crippen LogP contribution in [-0.4, -0.2) is 37.4 Å². The van der Waals surface area contributed by atoms with E-state index < -0.39 is 9.85 Å². The van der Waals surface area contributed by atoms with Crippen LogP contribution in [0.1, 0.15) is 86.9 Å². The van der Waals surface area contributed by atoms with Crippen LogP contribution in [0.25, 0.3) is 0 Å². The number of nitrogens with two attached hydrogens (primary N) is 1. The zero-order valence-corrected chi connectivity index (χ0v) is 29.3. The van der Waals surface area contributed by atoms with Crippen LogP contribution in [0.3, 0.4) is 0 Å². The number of Topliss-reactive ketones (excluding diaryl/α,β-unsaturated/α-hetero) is 2. The van der Waals surface area contributed by atoms with E-state index in [-0.39, 0.29) is 54.1 Å². The molecule has 0 aromatic heterocycles. The van der Waals surface area contributed by atoms with E-state index in [2.05, 4.69) is 10.3 Å². The van der Waals surface area contributed by atoms with Crippen molar-refractivity contribution in [3.63, 3.8) is 0 Å². The highest BCUT2D eigenvalue weighted by Gasteiger charge is 2.12. The SMILES string of the molecule is C.CCCCC(=CC(=O)c1ccc(O)cc1)NOc1ccc([N+](=O)[O-])cc1.CCCCC(=O)CC(=O)c1ccc(O)cc1.NOc1ccc([N+](=O)[O-])cc1. The molecule has 0 bridgehead atoms. The standard InChI is InChI=1S/C19H20N2O5.C13H16O3.C6H6N2O3.CH4/c1-2-3-4-15(13-19(23)14-5-9-17(22)10-6-14)20-26-18-11-7-16(8-12-18)21(24)25;1-2-3-4-12(15)9-13(16)10-5-7-11(14)8-6-10;7-11-6-3-1-5(2-4-6)8(9)10;/h5-13,20,22H,2-4H2,1H3;5-8,14H,2-4,9H2,1H3;1-4H,7H2;1H4. The molecule has 4 rings (SSSR count). The number of hydrogen-bond acceptors (Lipinski definition) is 13. The zero-order valence-electron chi connectivity index (χ0n) is 29.3. The van der Waals surface area contributed by atoms with Crippen molar-refractivity contribution < 1.29 is 44.1 Å². The molecule has 0 saturated heterocycles. The van der Waals surface area contributed by atoms with E-state index in [4.69, 9.17) is 15.8 Å². The second kappa shape index (κ2) is 24.6. The van der Waals surface area contributed by atoms with Crippen LogP contribution in [-0.2, 0) is 4.79 Å². The summed E-state index contributed by atoms with van der Waals surface area (Å²) in [6, 6.07) is 23.1. The number of non-ortho nitro benzene ring substituents is 2. The molecule has 4 aromatic carbocycles. The second-order valence-electron chi connectivity index (χ2n) is 11.3. The fraction of sp³-hybridized carbons (Fsp3) is 0.256. The fourth-order valence-corrected chi connectivity index (χ4v) is 4.18. The van der Waals surface area contributed by atoms with E-state index >= 15 is 0 Å². The van der Waals surface area contributed by atoms with Crippen molar-refractivity contribution in [2.75, 3.05) is 0 Å². The molecule has 0 heterocycles. The Kier molecular flexibility index (Phi) is 20.6. The lowest BCUT2D eigenvalue weighted by Crippen LogP contribution is -2.19. The zero-order chi connectivity index (χ0) is 39.2. The quantitative estimate of drug-likeness (QED) is 0.0262. The van der Waals surface area contributed by atoms with Crippen LogP contribution in [0.4, 0.5) is 11.4 Å². The number of hydrogen-bond donors (Lipinski definition) is 4. The number of rotatable bonds is 17. The van der Waals surface area contributed by atoms with Gasteiger partial charge in [0.15, 0.2) is 17.3 Å². The molecule has 0 radical (unpaired) electrons. The molecule has 0 amide bonds. The smallest absolute Gasteiger partial charge is 0.269 e. The Morgan fingerprint density at radius 2 is 1.15 bits per heavy atom. The van der Waals surface area contributed by atoms with Gasteiger partial charge in [-0.25, -0.2) is 5.48 Å². The molecule has 0 unspecified atom stereocenters. The number of hydroxylamine groups is 1. The lowest BCUT2D eigenvalue weighted by molar-refractivity contribution is -0.385. The lowest BCUT2D eigenvalue weighted by atomic mass is 10.0. The van der Waals surface area contributed by atoms with Crippen molar-refractivity contribution in [3.05, 3.63) is 140 Å². The summed E-state index contributed by atoms with van der Waals surface area (Å²) < 4.78 is 0. The number of allylic oxidation sites excluding steroid dienone is 2. The highest BCUT2D eigenvalue weighted by Crippen LogP contribution is 2.19. The second-order valence-corrected chi connectivity index (χ2v) is 11.3. The van der Waals surface area contributed by atoms with Crippen molar-refractivity contribution in [3.8, 4) is 23.0 Å². The van der Waals surface area contributed by atoms with Gasteiger partial charge in [0.1, 0.15) is 23.0 Å². The molecular weight excluding hydrogens is 700 g/mol. The number of unbranched alkanes of at least 4 members (excludes halogenated alkanes) is 2. The normalized spacial score (nSPS) is 10.2. The molecule has 0 saturated carbocycles. The van der Waals surface area contributed by atoms with Crippen molar-refractivity contribution in [1.29, 1.82) is 0 Å². The van der Waals surface area contributed by atoms with Crippen LogP contribution in [0.5, 0.6) is 23.0 Å². The minimum Gasteiger partial charge on any atom is -0.508 e. The topological polar surface area (TPSA) is 234 Å². The molecular formula is C39H46N4O11. The first-order chi connectivity index (χ1) is 25.4. The number of phenols is 2. The Morgan fingerprint density at radius 3 is 1.59 bits per heavy atom. The average Bonchev–Trinajstić information content (AvgIpc) is 3.16. The van der Waals surface area contributed by atoms with Gasteiger partial charge in [-0.2, -0.15) is 5.90 Å². The molecule has 0 spiro atoms. The monoisotopic (exact) mass is 746 g/mol. The summed E-state index contributed by atoms with van der Waals surface area (Å²) in [5, 5.41) is 39.2. The number of phenolic OH excluding ortho intramolecular Hbond substituents is 2. The van der Waals surface area contributed by atoms with Gasteiger partial charge in [-0.05, 0) is 92.1 Å². The maximum absolute atomic E-state index is 12.3. The van der Waals surface area contributed by atoms with Gasteiger partial charge < -0.3 is 19.9 Å². The van der Waals surface area contributed by atoms with Crippen LogP contribution >= 0.6 is 0 Å². The Hall–Kier alpha value is -6.61. The van der Waals surface area contributed by atoms with Gasteiger partial charge in [0.2, 0.25) is 0 Å². The summed E-state index contributed by atoms with van der Waals surface area (Å²) >= 11 is 0. The van der Waals surface area contributed by atoms with Crippen LogP contribution in [0.2, 0.25) is 0 Å². The number of carbonyl (C=O) groups excluding carboxylic acids is 3. The number of nitrogens with zero attached hydrogens (tertiary/aromatic N) is 2. The number of benzene rings is 4. The van der Waals surface area contributed by atoms with Gasteiger partial charge in [-0.15, -0.1) is 0 Å². The molecule has 0 aliphatic carbocycles. The van der Waals surface area contributed by atoms with E-state index in [1.54, 1.807) is 12.1 Å². The fourth-order valence-electron chi connectivity index (χ4n) is 4.18. The van der Waals surface area contributed by atoms with Gasteiger partial charge in [-0.3, -0.25) is 34.6 Å². The van der Waals surface area contributed by atoms with Crippen molar-refractivity contribution in [2.24, 2.45) is 5.90 Å². The first-order valence-electron chi connectivity index (χ1n) is 16.5. The number of carbonyl (C=O) groups is 3. The van der Waals surface area contributed by atoms with Crippen LogP contribution < -0.4 is 21.1 Å². The summed E-state index contributed by atoms with van der Waals surface area (Å²) in [6.07, 6.45) is 6.11. The average molecular weight is 747 g/mol. The Bertz CT molecular complexity index is 1810. The molecule has 0 atom stereocenters. The van der Waals surface area contributed by atoms with Gasteiger partial charge in [-0.1, -0.05) is 34.1 Å². The number of nitrogens with one attached hydrogen (secondary N) is 1. The third kappa shape index (κ3) is 17.1. The molecule has 15 heteroatoms. The summed E-state index contributed by atoms with van der Waals surface area (Å²) in [5.41, 5.74) is 4.27. The highest BCUT2D eigenvalue weighted by atomic mass is 16.6. The van der Waals surface area contributed by atoms with Gasteiger partial charge >= 0.3 is 0 Å². The molecule has 288 valence electrons. The highest BCUT2D eigenvalue weighted by molar-refractivity contribution is 6.08. The number of nitro benzene ring substituents is 2. The summed E-state index contributed by atoms with van der Waals surface area (Å²) in [5.74, 6) is 5.41. The predicted octanol–water partition coefficient (Wildman–Crippen LogP) is 8.35. The molecule has 15 nitrogen and oxygen atoms in total. The Labute approximate surface area is 313 Å². The molecule has 4 aromatic rings. The molecule has 0 fully saturated rings. The summed E-state index contributed by atoms with van der Waals surface area (Å²) in [4.78, 5) is 64.9. The third-order valence-corrected chi connectivity index (χ3v) is 7.14. The van der Waals surface area contributed by atoms with E-state index in [9.17, 15) is 39.7 Å². The maximum Gasteiger partial charge on any atom is 0.269 e. The Morgan fingerprint density at radius 1 is 0.704 bits per heavy atom. The third-order valence-electron chi connectivity index (χ3n) is 7.14. The van der Waals surface area contributed by atoms with Crippen LogP contribution in [0, 0.1) is 20.2 Å². The lowest BCUT2D eigenvalue weighted by Gasteiger charge is -2.11.